The van der Waals surface area contributed by atoms with Gasteiger partial charge in [-0.15, -0.1) is 0 Å². The van der Waals surface area contributed by atoms with E-state index >= 15 is 0 Å². The predicted molar refractivity (Wildman–Crippen MR) is 95.3 cm³/mol. The first-order valence-corrected chi connectivity index (χ1v) is 8.12. The quantitative estimate of drug-likeness (QED) is 0.528. The fourth-order valence-electron chi connectivity index (χ4n) is 3.02. The van der Waals surface area contributed by atoms with Gasteiger partial charge in [-0.3, -0.25) is 0 Å². The van der Waals surface area contributed by atoms with Crippen LogP contribution in [0.25, 0.3) is 22.2 Å². The maximum atomic E-state index is 5.96. The molecule has 0 fully saturated rings. The number of nitrogens with zero attached hydrogens (tertiary/aromatic N) is 3. The number of rotatable bonds is 3. The van der Waals surface area contributed by atoms with Crippen molar-refractivity contribution >= 4 is 22.6 Å². The van der Waals surface area contributed by atoms with Gasteiger partial charge in [0.1, 0.15) is 5.76 Å². The molecule has 0 aliphatic rings. The third-order valence-electron chi connectivity index (χ3n) is 4.21. The molecule has 4 nitrogen and oxygen atoms in total. The van der Waals surface area contributed by atoms with Gasteiger partial charge < -0.3 is 9.09 Å². The van der Waals surface area contributed by atoms with Gasteiger partial charge >= 0.3 is 0 Å². The average molecular weight is 338 g/mol. The van der Waals surface area contributed by atoms with Crippen molar-refractivity contribution in [1.82, 2.24) is 14.7 Å². The van der Waals surface area contributed by atoms with Crippen molar-refractivity contribution in [3.05, 3.63) is 70.8 Å². The SMILES string of the molecule is Cc1noc(C)c1-c1ccc2ncn(Cc3ccc(Cl)cc3)c2c1. The molecule has 0 N–H and O–H groups in total. The first kappa shape index (κ1) is 15.0. The van der Waals surface area contributed by atoms with Crippen LogP contribution >= 0.6 is 11.6 Å². The zero-order valence-corrected chi connectivity index (χ0v) is 14.2. The number of fused-ring (bicyclic) bond motifs is 1. The number of aromatic nitrogens is 3. The largest absolute Gasteiger partial charge is 0.361 e. The van der Waals surface area contributed by atoms with Gasteiger partial charge in [0.15, 0.2) is 0 Å². The van der Waals surface area contributed by atoms with Crippen LogP contribution in [0.1, 0.15) is 17.0 Å². The highest BCUT2D eigenvalue weighted by atomic mass is 35.5. The highest BCUT2D eigenvalue weighted by molar-refractivity contribution is 6.30. The lowest BCUT2D eigenvalue weighted by atomic mass is 10.0. The first-order valence-electron chi connectivity index (χ1n) is 7.74. The fourth-order valence-corrected chi connectivity index (χ4v) is 3.15. The number of benzene rings is 2. The van der Waals surface area contributed by atoms with Crippen LogP contribution in [-0.4, -0.2) is 14.7 Å². The summed E-state index contributed by atoms with van der Waals surface area (Å²) in [4.78, 5) is 4.50. The Labute approximate surface area is 144 Å². The number of hydrogen-bond donors (Lipinski definition) is 0. The summed E-state index contributed by atoms with van der Waals surface area (Å²) in [6.45, 7) is 4.64. The molecule has 0 aliphatic carbocycles. The second kappa shape index (κ2) is 5.80. The molecule has 0 radical (unpaired) electrons. The summed E-state index contributed by atoms with van der Waals surface area (Å²) in [6, 6.07) is 14.1. The minimum absolute atomic E-state index is 0.745. The summed E-state index contributed by atoms with van der Waals surface area (Å²) in [5.74, 6) is 0.829. The molecule has 2 aromatic carbocycles. The monoisotopic (exact) mass is 337 g/mol. The molecule has 4 aromatic rings. The van der Waals surface area contributed by atoms with E-state index in [0.717, 1.165) is 45.2 Å². The Balaban J connectivity index is 1.77. The zero-order chi connectivity index (χ0) is 16.7. The summed E-state index contributed by atoms with van der Waals surface area (Å²) < 4.78 is 7.43. The van der Waals surface area contributed by atoms with Crippen molar-refractivity contribution in [3.63, 3.8) is 0 Å². The molecule has 0 amide bonds. The van der Waals surface area contributed by atoms with Gasteiger partial charge in [-0.25, -0.2) is 4.98 Å². The lowest BCUT2D eigenvalue weighted by molar-refractivity contribution is 0.393. The number of halogens is 1. The molecule has 0 bridgehead atoms. The molecule has 24 heavy (non-hydrogen) atoms. The second-order valence-electron chi connectivity index (χ2n) is 5.90. The first-order chi connectivity index (χ1) is 11.6. The lowest BCUT2D eigenvalue weighted by Gasteiger charge is -2.06. The van der Waals surface area contributed by atoms with Gasteiger partial charge in [-0.05, 0) is 49.2 Å². The molecule has 2 aromatic heterocycles. The van der Waals surface area contributed by atoms with Crippen LogP contribution in [0.5, 0.6) is 0 Å². The van der Waals surface area contributed by atoms with Crippen molar-refractivity contribution in [2.24, 2.45) is 0 Å². The Morgan fingerprint density at radius 3 is 2.58 bits per heavy atom. The summed E-state index contributed by atoms with van der Waals surface area (Å²) in [5, 5.41) is 4.79. The highest BCUT2D eigenvalue weighted by Gasteiger charge is 2.13. The molecule has 0 atom stereocenters. The van der Waals surface area contributed by atoms with Crippen LogP contribution in [0.3, 0.4) is 0 Å². The standard InChI is InChI=1S/C19H16ClN3O/c1-12-19(13(2)24-22-12)15-5-8-17-18(9-15)23(11-21-17)10-14-3-6-16(20)7-4-14/h3-9,11H,10H2,1-2H3. The van der Waals surface area contributed by atoms with Crippen molar-refractivity contribution in [2.45, 2.75) is 20.4 Å². The third-order valence-corrected chi connectivity index (χ3v) is 4.46. The number of imidazole rings is 1. The van der Waals surface area contributed by atoms with Gasteiger partial charge in [0.05, 0.1) is 23.1 Å². The zero-order valence-electron chi connectivity index (χ0n) is 13.5. The van der Waals surface area contributed by atoms with Crippen molar-refractivity contribution in [2.75, 3.05) is 0 Å². The van der Waals surface area contributed by atoms with Gasteiger partial charge in [-0.1, -0.05) is 35.0 Å². The minimum Gasteiger partial charge on any atom is -0.361 e. The molecule has 0 saturated carbocycles. The van der Waals surface area contributed by atoms with Crippen LogP contribution in [0, 0.1) is 13.8 Å². The predicted octanol–water partition coefficient (Wildman–Crippen LogP) is 5.01. The van der Waals surface area contributed by atoms with Crippen molar-refractivity contribution in [3.8, 4) is 11.1 Å². The van der Waals surface area contributed by atoms with Crippen molar-refractivity contribution in [1.29, 1.82) is 0 Å². The van der Waals surface area contributed by atoms with E-state index in [-0.39, 0.29) is 0 Å². The maximum Gasteiger partial charge on any atom is 0.141 e. The van der Waals surface area contributed by atoms with Crippen LogP contribution in [-0.2, 0) is 6.54 Å². The van der Waals surface area contributed by atoms with E-state index in [2.05, 4.69) is 26.8 Å². The molecule has 0 aliphatic heterocycles. The lowest BCUT2D eigenvalue weighted by Crippen LogP contribution is -1.97. The van der Waals surface area contributed by atoms with E-state index in [1.165, 1.54) is 5.56 Å². The molecule has 4 rings (SSSR count). The highest BCUT2D eigenvalue weighted by Crippen LogP contribution is 2.29. The Morgan fingerprint density at radius 1 is 1.08 bits per heavy atom. The summed E-state index contributed by atoms with van der Waals surface area (Å²) >= 11 is 5.96. The molecule has 120 valence electrons. The van der Waals surface area contributed by atoms with E-state index < -0.39 is 0 Å². The van der Waals surface area contributed by atoms with Gasteiger partial charge in [0.2, 0.25) is 0 Å². The Hall–Kier alpha value is -2.59. The number of hydrogen-bond acceptors (Lipinski definition) is 3. The molecule has 0 spiro atoms. The van der Waals surface area contributed by atoms with E-state index in [1.54, 1.807) is 0 Å². The molecule has 5 heteroatoms. The van der Waals surface area contributed by atoms with Gasteiger partial charge in [0, 0.05) is 17.1 Å². The molecular formula is C19H16ClN3O. The van der Waals surface area contributed by atoms with Gasteiger partial charge in [-0.2, -0.15) is 0 Å². The average Bonchev–Trinajstić information content (AvgIpc) is 3.13. The normalized spacial score (nSPS) is 11.3. The smallest absolute Gasteiger partial charge is 0.141 e. The molecule has 0 saturated heterocycles. The Kier molecular flexibility index (Phi) is 3.62. The van der Waals surface area contributed by atoms with E-state index in [9.17, 15) is 0 Å². The summed E-state index contributed by atoms with van der Waals surface area (Å²) in [7, 11) is 0. The summed E-state index contributed by atoms with van der Waals surface area (Å²) in [5.41, 5.74) is 6.28. The topological polar surface area (TPSA) is 43.9 Å². The summed E-state index contributed by atoms with van der Waals surface area (Å²) in [6.07, 6.45) is 1.87. The Morgan fingerprint density at radius 2 is 1.88 bits per heavy atom. The van der Waals surface area contributed by atoms with E-state index in [0.29, 0.717) is 0 Å². The van der Waals surface area contributed by atoms with Crippen LogP contribution in [0.15, 0.2) is 53.3 Å². The Bertz CT molecular complexity index is 995. The number of aryl methyl sites for hydroxylation is 2. The molecule has 0 unspecified atom stereocenters. The van der Waals surface area contributed by atoms with Crippen LogP contribution in [0.2, 0.25) is 5.02 Å². The van der Waals surface area contributed by atoms with Crippen molar-refractivity contribution < 1.29 is 4.52 Å². The maximum absolute atomic E-state index is 5.96. The van der Waals surface area contributed by atoms with E-state index in [1.807, 2.05) is 50.5 Å². The molecule has 2 heterocycles. The second-order valence-corrected chi connectivity index (χ2v) is 6.34. The molecular weight excluding hydrogens is 322 g/mol. The van der Waals surface area contributed by atoms with Crippen LogP contribution in [0.4, 0.5) is 0 Å². The minimum atomic E-state index is 0.745. The third kappa shape index (κ3) is 2.59. The van der Waals surface area contributed by atoms with Crippen LogP contribution < -0.4 is 0 Å². The van der Waals surface area contributed by atoms with Gasteiger partial charge in [0.25, 0.3) is 0 Å². The van der Waals surface area contributed by atoms with E-state index in [4.69, 9.17) is 16.1 Å². The fraction of sp³-hybridized carbons (Fsp3) is 0.158.